The summed E-state index contributed by atoms with van der Waals surface area (Å²) >= 11 is 11.1. The van der Waals surface area contributed by atoms with Gasteiger partial charge in [0, 0.05) is 41.2 Å². The quantitative estimate of drug-likeness (QED) is 0.297. The van der Waals surface area contributed by atoms with Gasteiger partial charge in [-0.2, -0.15) is 0 Å². The summed E-state index contributed by atoms with van der Waals surface area (Å²) in [6.45, 7) is 2.03. The average Bonchev–Trinajstić information content (AvgIpc) is 3.26. The van der Waals surface area contributed by atoms with Gasteiger partial charge in [-0.25, -0.2) is 0 Å². The van der Waals surface area contributed by atoms with E-state index in [1.165, 1.54) is 12.8 Å². The number of benzene rings is 1. The lowest BCUT2D eigenvalue weighted by Crippen LogP contribution is -2.53. The maximum atomic E-state index is 13.3. The van der Waals surface area contributed by atoms with Crippen molar-refractivity contribution in [2.75, 3.05) is 32.6 Å². The molecule has 0 bridgehead atoms. The highest BCUT2D eigenvalue weighted by Crippen LogP contribution is 2.45. The van der Waals surface area contributed by atoms with E-state index in [-0.39, 0.29) is 16.0 Å². The second-order valence-electron chi connectivity index (χ2n) is 8.24. The normalized spacial score (nSPS) is 24.4. The van der Waals surface area contributed by atoms with Crippen molar-refractivity contribution >= 4 is 61.3 Å². The lowest BCUT2D eigenvalue weighted by atomic mass is 9.89. The molecule has 1 heterocycles. The summed E-state index contributed by atoms with van der Waals surface area (Å²) in [6.07, 6.45) is 15.3. The molecule has 1 fully saturated rings. The number of hydrogen-bond acceptors (Lipinski definition) is 4. The summed E-state index contributed by atoms with van der Waals surface area (Å²) < 4.78 is 2.29. The van der Waals surface area contributed by atoms with Gasteiger partial charge < -0.3 is 4.90 Å². The first-order chi connectivity index (χ1) is 14.4. The Hall–Kier alpha value is 0.0500. The van der Waals surface area contributed by atoms with E-state index in [4.69, 9.17) is 0 Å². The number of amides is 1. The van der Waals surface area contributed by atoms with Gasteiger partial charge in [-0.3, -0.25) is 9.69 Å². The Balaban J connectivity index is 1.78. The molecular formula is C23H32Br2N2OS2. The topological polar surface area (TPSA) is 23.6 Å². The van der Waals surface area contributed by atoms with E-state index in [1.54, 1.807) is 0 Å². The predicted molar refractivity (Wildman–Crippen MR) is 139 cm³/mol. The van der Waals surface area contributed by atoms with E-state index >= 15 is 0 Å². The van der Waals surface area contributed by atoms with Crippen LogP contribution in [0.3, 0.4) is 0 Å². The van der Waals surface area contributed by atoms with Gasteiger partial charge >= 0.3 is 0 Å². The number of hydrogen-bond donors (Lipinski definition) is 0. The van der Waals surface area contributed by atoms with Crippen molar-refractivity contribution in [3.05, 3.63) is 44.9 Å². The van der Waals surface area contributed by atoms with Crippen LogP contribution >= 0.6 is 55.4 Å². The molecule has 30 heavy (non-hydrogen) atoms. The van der Waals surface area contributed by atoms with Crippen LogP contribution in [-0.4, -0.2) is 64.5 Å². The van der Waals surface area contributed by atoms with Gasteiger partial charge in [0.15, 0.2) is 0 Å². The highest BCUT2D eigenvalue weighted by Gasteiger charge is 2.38. The molecule has 166 valence electrons. The fourth-order valence-electron chi connectivity index (χ4n) is 4.73. The first kappa shape index (κ1) is 24.7. The summed E-state index contributed by atoms with van der Waals surface area (Å²) in [6, 6.07) is 6.78. The molecular weight excluding hydrogens is 544 g/mol. The standard InChI is InChI=1S/C23H32Br2N2OS2/c1-26(22(28)16-17-8-9-18(24)19(25)15-17)20-10-12-23(29-2,30-3)11-6-7-21(20)27-13-4-5-14-27/h4-5,8-9,15,20-21H,6-7,10-14,16H2,1-3H3. The van der Waals surface area contributed by atoms with Crippen molar-refractivity contribution in [3.8, 4) is 0 Å². The third-order valence-corrected chi connectivity index (χ3v) is 11.8. The van der Waals surface area contributed by atoms with Crippen LogP contribution in [0.25, 0.3) is 0 Å². The fraction of sp³-hybridized carbons (Fsp3) is 0.609. The van der Waals surface area contributed by atoms with Crippen LogP contribution < -0.4 is 0 Å². The van der Waals surface area contributed by atoms with Crippen LogP contribution in [0.5, 0.6) is 0 Å². The molecule has 3 rings (SSSR count). The molecule has 2 aliphatic rings. The molecule has 0 aromatic heterocycles. The molecule has 1 saturated carbocycles. The minimum absolute atomic E-state index is 0.214. The van der Waals surface area contributed by atoms with Crippen LogP contribution in [0.4, 0.5) is 0 Å². The van der Waals surface area contributed by atoms with Crippen molar-refractivity contribution in [1.82, 2.24) is 9.80 Å². The van der Waals surface area contributed by atoms with E-state index in [0.29, 0.717) is 12.5 Å². The van der Waals surface area contributed by atoms with E-state index < -0.39 is 0 Å². The first-order valence-electron chi connectivity index (χ1n) is 10.6. The van der Waals surface area contributed by atoms with E-state index in [9.17, 15) is 4.79 Å². The van der Waals surface area contributed by atoms with E-state index in [2.05, 4.69) is 66.3 Å². The molecule has 0 radical (unpaired) electrons. The first-order valence-corrected chi connectivity index (χ1v) is 14.6. The SMILES string of the molecule is CSC1(SC)CCCC(N2CC=CC2)C(N(C)C(=O)Cc2ccc(Br)c(Br)c2)CC1. The summed E-state index contributed by atoms with van der Waals surface area (Å²) in [4.78, 5) is 18.0. The maximum absolute atomic E-state index is 13.3. The number of carbonyl (C=O) groups excluding carboxylic acids is 1. The lowest BCUT2D eigenvalue weighted by Gasteiger charge is -2.44. The van der Waals surface area contributed by atoms with Crippen molar-refractivity contribution < 1.29 is 4.79 Å². The molecule has 0 spiro atoms. The van der Waals surface area contributed by atoms with Crippen molar-refractivity contribution in [2.24, 2.45) is 0 Å². The van der Waals surface area contributed by atoms with Crippen molar-refractivity contribution in [3.63, 3.8) is 0 Å². The zero-order valence-electron chi connectivity index (χ0n) is 18.1. The third kappa shape index (κ3) is 5.89. The number of nitrogens with zero attached hydrogens (tertiary/aromatic N) is 2. The zero-order chi connectivity index (χ0) is 21.7. The van der Waals surface area contributed by atoms with Crippen molar-refractivity contribution in [2.45, 2.75) is 54.7 Å². The summed E-state index contributed by atoms with van der Waals surface area (Å²) in [7, 11) is 2.03. The molecule has 1 amide bonds. The molecule has 2 atom stereocenters. The highest BCUT2D eigenvalue weighted by molar-refractivity contribution is 9.13. The van der Waals surface area contributed by atoms with Gasteiger partial charge in [-0.15, -0.1) is 23.5 Å². The largest absolute Gasteiger partial charge is 0.341 e. The number of likely N-dealkylation sites (N-methyl/N-ethyl adjacent to an activating group) is 1. The Morgan fingerprint density at radius 1 is 1.13 bits per heavy atom. The van der Waals surface area contributed by atoms with Crippen LogP contribution in [-0.2, 0) is 11.2 Å². The van der Waals surface area contributed by atoms with Crippen LogP contribution in [0.15, 0.2) is 39.3 Å². The second-order valence-corrected chi connectivity index (χ2v) is 12.6. The molecule has 2 unspecified atom stereocenters. The van der Waals surface area contributed by atoms with Gasteiger partial charge in [0.1, 0.15) is 0 Å². The second kappa shape index (κ2) is 11.3. The van der Waals surface area contributed by atoms with Gasteiger partial charge in [0.25, 0.3) is 0 Å². The lowest BCUT2D eigenvalue weighted by molar-refractivity contribution is -0.133. The Labute approximate surface area is 207 Å². The minimum Gasteiger partial charge on any atom is -0.341 e. The molecule has 7 heteroatoms. The van der Waals surface area contributed by atoms with Crippen LogP contribution in [0.2, 0.25) is 0 Å². The molecule has 0 saturated heterocycles. The summed E-state index contributed by atoms with van der Waals surface area (Å²) in [5, 5.41) is 0. The molecule has 3 nitrogen and oxygen atoms in total. The third-order valence-electron chi connectivity index (χ3n) is 6.61. The number of rotatable bonds is 6. The Morgan fingerprint density at radius 2 is 1.83 bits per heavy atom. The monoisotopic (exact) mass is 574 g/mol. The minimum atomic E-state index is 0.214. The Bertz CT molecular complexity index is 762. The number of carbonyl (C=O) groups is 1. The van der Waals surface area contributed by atoms with E-state index in [0.717, 1.165) is 46.9 Å². The van der Waals surface area contributed by atoms with Gasteiger partial charge in [0.2, 0.25) is 5.91 Å². The molecule has 1 aromatic rings. The molecule has 1 aliphatic heterocycles. The van der Waals surface area contributed by atoms with Crippen molar-refractivity contribution in [1.29, 1.82) is 0 Å². The Kier molecular flexibility index (Phi) is 9.27. The highest BCUT2D eigenvalue weighted by atomic mass is 79.9. The summed E-state index contributed by atoms with van der Waals surface area (Å²) in [5.41, 5.74) is 1.05. The average molecular weight is 576 g/mol. The molecule has 1 aromatic carbocycles. The fourth-order valence-corrected chi connectivity index (χ4v) is 7.41. The van der Waals surface area contributed by atoms with E-state index in [1.807, 2.05) is 48.8 Å². The van der Waals surface area contributed by atoms with Crippen LogP contribution in [0, 0.1) is 0 Å². The molecule has 0 N–H and O–H groups in total. The predicted octanol–water partition coefficient (Wildman–Crippen LogP) is 6.21. The number of thioether (sulfide) groups is 2. The van der Waals surface area contributed by atoms with Gasteiger partial charge in [0.05, 0.1) is 10.5 Å². The number of halogens is 2. The smallest absolute Gasteiger partial charge is 0.227 e. The van der Waals surface area contributed by atoms with Gasteiger partial charge in [-0.1, -0.05) is 18.2 Å². The maximum Gasteiger partial charge on any atom is 0.227 e. The van der Waals surface area contributed by atoms with Crippen LogP contribution in [0.1, 0.15) is 37.7 Å². The van der Waals surface area contributed by atoms with Gasteiger partial charge in [-0.05, 0) is 94.2 Å². The summed E-state index contributed by atoms with van der Waals surface area (Å²) in [5.74, 6) is 0.214. The molecule has 1 aliphatic carbocycles. The zero-order valence-corrected chi connectivity index (χ0v) is 22.9. The Morgan fingerprint density at radius 3 is 2.47 bits per heavy atom.